The van der Waals surface area contributed by atoms with E-state index in [1.165, 1.54) is 4.68 Å². The van der Waals surface area contributed by atoms with Gasteiger partial charge < -0.3 is 0 Å². The fourth-order valence-corrected chi connectivity index (χ4v) is 2.79. The number of hydrogen-bond acceptors (Lipinski definition) is 3. The number of rotatable bonds is 3. The molecule has 4 rings (SSSR count). The Kier molecular flexibility index (Phi) is 3.19. The Morgan fingerprint density at radius 2 is 1.91 bits per heavy atom. The molecule has 23 heavy (non-hydrogen) atoms. The molecule has 0 saturated heterocycles. The molecular weight excluding hydrogens is 288 g/mol. The monoisotopic (exact) mass is 304 g/mol. The van der Waals surface area contributed by atoms with Crippen LogP contribution in [0.2, 0.25) is 0 Å². The van der Waals surface area contributed by atoms with Crippen molar-refractivity contribution in [3.05, 3.63) is 76.5 Å². The van der Waals surface area contributed by atoms with E-state index in [0.29, 0.717) is 18.6 Å². The number of nitrogens with zero attached hydrogens (tertiary/aromatic N) is 4. The molecule has 0 aliphatic rings. The third-order valence-corrected chi connectivity index (χ3v) is 4.04. The fourth-order valence-electron chi connectivity index (χ4n) is 2.79. The number of fused-ring (bicyclic) bond motifs is 2. The minimum atomic E-state index is -0.107. The smallest absolute Gasteiger partial charge is 0.253 e. The maximum absolute atomic E-state index is 12.4. The van der Waals surface area contributed by atoms with Crippen LogP contribution in [0.5, 0.6) is 0 Å². The molecule has 114 valence electrons. The van der Waals surface area contributed by atoms with Crippen LogP contribution >= 0.6 is 0 Å². The summed E-state index contributed by atoms with van der Waals surface area (Å²) < 4.78 is 3.10. The molecule has 3 aromatic heterocycles. The van der Waals surface area contributed by atoms with Gasteiger partial charge in [0.15, 0.2) is 5.65 Å². The number of para-hydroxylation sites is 1. The van der Waals surface area contributed by atoms with Crippen LogP contribution in [-0.2, 0) is 13.0 Å². The largest absolute Gasteiger partial charge is 0.350 e. The summed E-state index contributed by atoms with van der Waals surface area (Å²) in [6, 6.07) is 15.9. The van der Waals surface area contributed by atoms with Crippen molar-refractivity contribution in [1.82, 2.24) is 19.2 Å². The van der Waals surface area contributed by atoms with Crippen LogP contribution in [-0.4, -0.2) is 19.2 Å². The Morgan fingerprint density at radius 3 is 2.78 bits per heavy atom. The first-order chi connectivity index (χ1) is 11.2. The van der Waals surface area contributed by atoms with Gasteiger partial charge in [-0.1, -0.05) is 30.3 Å². The van der Waals surface area contributed by atoms with E-state index in [0.717, 1.165) is 22.2 Å². The van der Waals surface area contributed by atoms with Crippen LogP contribution in [0.1, 0.15) is 11.3 Å². The van der Waals surface area contributed by atoms with Gasteiger partial charge in [-0.25, -0.2) is 9.48 Å². The summed E-state index contributed by atoms with van der Waals surface area (Å²) in [6.07, 6.45) is 2.43. The highest BCUT2D eigenvalue weighted by atomic mass is 16.2. The number of benzene rings is 1. The zero-order chi connectivity index (χ0) is 15.8. The molecule has 0 fully saturated rings. The lowest BCUT2D eigenvalue weighted by atomic mass is 10.2. The minimum absolute atomic E-state index is 0.107. The van der Waals surface area contributed by atoms with Gasteiger partial charge in [0.2, 0.25) is 0 Å². The highest BCUT2D eigenvalue weighted by Gasteiger charge is 2.08. The standard InChI is InChI=1S/C18H16N4O/c1-13-5-4-11-21-17(13)20-22(18(21)23)12-10-15-9-8-14-6-2-3-7-16(14)19-15/h2-9,11H,10,12H2,1H3. The molecule has 0 bridgehead atoms. The van der Waals surface area contributed by atoms with Crippen molar-refractivity contribution in [3.63, 3.8) is 0 Å². The maximum atomic E-state index is 12.4. The fraction of sp³-hybridized carbons (Fsp3) is 0.167. The molecule has 4 aromatic rings. The summed E-state index contributed by atoms with van der Waals surface area (Å²) in [5.41, 5.74) is 3.54. The van der Waals surface area contributed by atoms with Crippen LogP contribution in [0, 0.1) is 6.92 Å². The average molecular weight is 304 g/mol. The lowest BCUT2D eigenvalue weighted by molar-refractivity contribution is 0.588. The van der Waals surface area contributed by atoms with Crippen molar-refractivity contribution in [2.45, 2.75) is 19.9 Å². The van der Waals surface area contributed by atoms with Gasteiger partial charge in [0, 0.05) is 23.7 Å². The number of aromatic nitrogens is 4. The molecule has 0 aliphatic heterocycles. The topological polar surface area (TPSA) is 52.2 Å². The van der Waals surface area contributed by atoms with E-state index in [9.17, 15) is 4.79 Å². The summed E-state index contributed by atoms with van der Waals surface area (Å²) in [7, 11) is 0. The molecule has 5 heteroatoms. The molecule has 0 spiro atoms. The summed E-state index contributed by atoms with van der Waals surface area (Å²) in [5.74, 6) is 0. The average Bonchev–Trinajstić information content (AvgIpc) is 2.91. The first-order valence-electron chi connectivity index (χ1n) is 7.62. The molecule has 0 N–H and O–H groups in total. The van der Waals surface area contributed by atoms with E-state index < -0.39 is 0 Å². The molecule has 3 heterocycles. The molecule has 0 aliphatic carbocycles. The summed E-state index contributed by atoms with van der Waals surface area (Å²) in [4.78, 5) is 17.0. The van der Waals surface area contributed by atoms with Gasteiger partial charge in [-0.05, 0) is 30.7 Å². The second-order valence-corrected chi connectivity index (χ2v) is 5.64. The van der Waals surface area contributed by atoms with Gasteiger partial charge in [0.25, 0.3) is 0 Å². The predicted molar refractivity (Wildman–Crippen MR) is 89.6 cm³/mol. The molecule has 5 nitrogen and oxygen atoms in total. The van der Waals surface area contributed by atoms with Crippen LogP contribution in [0.3, 0.4) is 0 Å². The third-order valence-electron chi connectivity index (χ3n) is 4.04. The van der Waals surface area contributed by atoms with Crippen molar-refractivity contribution in [3.8, 4) is 0 Å². The van der Waals surface area contributed by atoms with Crippen LogP contribution < -0.4 is 5.69 Å². The van der Waals surface area contributed by atoms with Crippen LogP contribution in [0.25, 0.3) is 16.6 Å². The van der Waals surface area contributed by atoms with Crippen molar-refractivity contribution in [1.29, 1.82) is 0 Å². The summed E-state index contributed by atoms with van der Waals surface area (Å²) >= 11 is 0. The minimum Gasteiger partial charge on any atom is -0.253 e. The third kappa shape index (κ3) is 2.40. The van der Waals surface area contributed by atoms with E-state index in [4.69, 9.17) is 0 Å². The van der Waals surface area contributed by atoms with Crippen molar-refractivity contribution in [2.24, 2.45) is 0 Å². The Hall–Kier alpha value is -2.95. The first kappa shape index (κ1) is 13.7. The lowest BCUT2D eigenvalue weighted by Crippen LogP contribution is -2.22. The number of pyridine rings is 2. The van der Waals surface area contributed by atoms with Gasteiger partial charge in [-0.3, -0.25) is 9.38 Å². The van der Waals surface area contributed by atoms with E-state index in [1.807, 2.05) is 49.4 Å². The van der Waals surface area contributed by atoms with Crippen molar-refractivity contribution in [2.75, 3.05) is 0 Å². The van der Waals surface area contributed by atoms with Crippen molar-refractivity contribution >= 4 is 16.6 Å². The molecule has 0 saturated carbocycles. The quantitative estimate of drug-likeness (QED) is 0.584. The van der Waals surface area contributed by atoms with E-state index in [1.54, 1.807) is 10.6 Å². The zero-order valence-corrected chi connectivity index (χ0v) is 12.8. The van der Waals surface area contributed by atoms with Gasteiger partial charge >= 0.3 is 5.69 Å². The predicted octanol–water partition coefficient (Wildman–Crippen LogP) is 2.60. The number of aryl methyl sites for hydroxylation is 3. The Balaban J connectivity index is 1.64. The normalized spacial score (nSPS) is 11.3. The van der Waals surface area contributed by atoms with Gasteiger partial charge in [-0.2, -0.15) is 0 Å². The SMILES string of the molecule is Cc1cccn2c(=O)n(CCc3ccc4ccccc4n3)nc12. The lowest BCUT2D eigenvalue weighted by Gasteiger charge is -2.02. The molecule has 0 amide bonds. The Morgan fingerprint density at radius 1 is 1.04 bits per heavy atom. The highest BCUT2D eigenvalue weighted by Crippen LogP contribution is 2.12. The first-order valence-corrected chi connectivity index (χ1v) is 7.62. The maximum Gasteiger partial charge on any atom is 0.350 e. The van der Waals surface area contributed by atoms with Crippen LogP contribution in [0.15, 0.2) is 59.5 Å². The summed E-state index contributed by atoms with van der Waals surface area (Å²) in [5, 5.41) is 5.55. The number of hydrogen-bond donors (Lipinski definition) is 0. The molecule has 0 unspecified atom stereocenters. The van der Waals surface area contributed by atoms with Gasteiger partial charge in [0.05, 0.1) is 12.1 Å². The molecule has 0 radical (unpaired) electrons. The molecule has 1 aromatic carbocycles. The summed E-state index contributed by atoms with van der Waals surface area (Å²) in [6.45, 7) is 2.47. The Labute approximate surface area is 132 Å². The van der Waals surface area contributed by atoms with E-state index in [2.05, 4.69) is 16.1 Å². The Bertz CT molecular complexity index is 1060. The van der Waals surface area contributed by atoms with Crippen LogP contribution in [0.4, 0.5) is 0 Å². The zero-order valence-electron chi connectivity index (χ0n) is 12.8. The van der Waals surface area contributed by atoms with Crippen molar-refractivity contribution < 1.29 is 0 Å². The molecule has 0 atom stereocenters. The van der Waals surface area contributed by atoms with E-state index >= 15 is 0 Å². The molecular formula is C18H16N4O. The van der Waals surface area contributed by atoms with E-state index in [-0.39, 0.29) is 5.69 Å². The highest BCUT2D eigenvalue weighted by molar-refractivity contribution is 5.78. The second kappa shape index (κ2) is 5.35. The van der Waals surface area contributed by atoms with Gasteiger partial charge in [-0.15, -0.1) is 5.10 Å². The second-order valence-electron chi connectivity index (χ2n) is 5.64. The van der Waals surface area contributed by atoms with Gasteiger partial charge in [0.1, 0.15) is 0 Å².